The van der Waals surface area contributed by atoms with Crippen molar-refractivity contribution in [2.24, 2.45) is 0 Å². The predicted molar refractivity (Wildman–Crippen MR) is 73.4 cm³/mol. The van der Waals surface area contributed by atoms with Gasteiger partial charge in [0.15, 0.2) is 0 Å². The molecule has 0 bridgehead atoms. The van der Waals surface area contributed by atoms with E-state index >= 15 is 0 Å². The van der Waals surface area contributed by atoms with Crippen LogP contribution in [0.5, 0.6) is 0 Å². The monoisotopic (exact) mass is 346 g/mol. The molecule has 1 rings (SSSR count). The zero-order valence-corrected chi connectivity index (χ0v) is 15.2. The zero-order valence-electron chi connectivity index (χ0n) is 11.6. The maximum Gasteiger partial charge on any atom is 0.215 e. The van der Waals surface area contributed by atoms with Gasteiger partial charge in [0.2, 0.25) is 10.0 Å². The van der Waals surface area contributed by atoms with Gasteiger partial charge in [0.25, 0.3) is 0 Å². The first kappa shape index (κ1) is 20.8. The molecular formula is C13H23NO2SY-2. The molecule has 1 aliphatic carbocycles. The summed E-state index contributed by atoms with van der Waals surface area (Å²) in [6.07, 6.45) is 7.63. The fraction of sp³-hybridized carbons (Fsp3) is 0.538. The average molecular weight is 346 g/mol. The largest absolute Gasteiger partial charge is 0.350 e. The Bertz CT molecular complexity index is 361. The summed E-state index contributed by atoms with van der Waals surface area (Å²) in [5.74, 6) is 0. The summed E-state index contributed by atoms with van der Waals surface area (Å²) >= 11 is 0. The topological polar surface area (TPSA) is 37.4 Å². The third-order valence-corrected chi connectivity index (χ3v) is 4.14. The van der Waals surface area contributed by atoms with E-state index in [0.717, 1.165) is 12.8 Å². The number of hydrogen-bond acceptors (Lipinski definition) is 2. The van der Waals surface area contributed by atoms with Crippen molar-refractivity contribution in [3.8, 4) is 0 Å². The molecule has 1 aliphatic rings. The zero-order chi connectivity index (χ0) is 13.3. The minimum Gasteiger partial charge on any atom is -0.350 e. The number of nitrogens with zero attached hydrogens (tertiary/aromatic N) is 1. The molecule has 0 amide bonds. The van der Waals surface area contributed by atoms with E-state index < -0.39 is 10.0 Å². The van der Waals surface area contributed by atoms with Gasteiger partial charge in [-0.3, -0.25) is 6.54 Å². The first-order valence-electron chi connectivity index (χ1n) is 6.10. The third-order valence-electron chi connectivity index (χ3n) is 2.23. The Morgan fingerprint density at radius 2 is 2.00 bits per heavy atom. The van der Waals surface area contributed by atoms with Crippen LogP contribution < -0.4 is 0 Å². The average Bonchev–Trinajstić information content (AvgIpc) is 2.39. The Hall–Kier alpha value is 0.494. The van der Waals surface area contributed by atoms with Crippen LogP contribution >= 0.6 is 0 Å². The van der Waals surface area contributed by atoms with Crippen molar-refractivity contribution >= 4 is 10.0 Å². The van der Waals surface area contributed by atoms with Gasteiger partial charge in [0.05, 0.1) is 4.91 Å². The number of rotatable bonds is 5. The van der Waals surface area contributed by atoms with Crippen LogP contribution in [0, 0.1) is 13.5 Å². The summed E-state index contributed by atoms with van der Waals surface area (Å²) in [7, 11) is -3.32. The molecule has 0 atom stereocenters. The fourth-order valence-corrected chi connectivity index (χ4v) is 2.97. The Balaban J connectivity index is 0. The quantitative estimate of drug-likeness (QED) is 0.717. The molecule has 5 heteroatoms. The molecule has 0 aromatic rings. The van der Waals surface area contributed by atoms with Gasteiger partial charge < -0.3 is 11.2 Å². The van der Waals surface area contributed by atoms with Crippen molar-refractivity contribution in [1.82, 2.24) is 4.31 Å². The first-order valence-corrected chi connectivity index (χ1v) is 7.54. The summed E-state index contributed by atoms with van der Waals surface area (Å²) < 4.78 is 25.5. The minimum absolute atomic E-state index is 0. The van der Waals surface area contributed by atoms with Crippen LogP contribution in [0.25, 0.3) is 0 Å². The molecule has 0 fully saturated rings. The van der Waals surface area contributed by atoms with E-state index in [-0.39, 0.29) is 32.7 Å². The smallest absolute Gasteiger partial charge is 0.215 e. The molecule has 0 heterocycles. The van der Waals surface area contributed by atoms with Crippen LogP contribution in [-0.2, 0) is 42.7 Å². The van der Waals surface area contributed by atoms with Gasteiger partial charge in [-0.05, 0) is 25.5 Å². The van der Waals surface area contributed by atoms with E-state index in [9.17, 15) is 8.42 Å². The second-order valence-corrected chi connectivity index (χ2v) is 5.20. The summed E-state index contributed by atoms with van der Waals surface area (Å²) in [5.41, 5.74) is 0. The van der Waals surface area contributed by atoms with Gasteiger partial charge >= 0.3 is 0 Å². The van der Waals surface area contributed by atoms with Crippen LogP contribution in [0.15, 0.2) is 23.1 Å². The number of sulfonamides is 1. The van der Waals surface area contributed by atoms with Gasteiger partial charge in [0.1, 0.15) is 0 Å². The SMILES string of the molecule is CC.[CH2-]CCN([CH-]C)S(=O)(=O)C1=CCCC=C1.[Y]. The molecule has 0 aromatic heterocycles. The third kappa shape index (κ3) is 6.09. The van der Waals surface area contributed by atoms with E-state index in [4.69, 9.17) is 0 Å². The summed E-state index contributed by atoms with van der Waals surface area (Å²) in [6, 6.07) is 0. The van der Waals surface area contributed by atoms with Crippen molar-refractivity contribution in [2.75, 3.05) is 6.54 Å². The van der Waals surface area contributed by atoms with E-state index in [1.807, 2.05) is 19.9 Å². The van der Waals surface area contributed by atoms with E-state index in [0.29, 0.717) is 17.9 Å². The van der Waals surface area contributed by atoms with E-state index in [1.54, 1.807) is 25.6 Å². The minimum atomic E-state index is -3.32. The Labute approximate surface area is 138 Å². The second kappa shape index (κ2) is 11.3. The van der Waals surface area contributed by atoms with Gasteiger partial charge in [-0.1, -0.05) is 26.0 Å². The van der Waals surface area contributed by atoms with Crippen molar-refractivity contribution in [2.45, 2.75) is 40.0 Å². The van der Waals surface area contributed by atoms with Crippen LogP contribution in [0.3, 0.4) is 0 Å². The van der Waals surface area contributed by atoms with Gasteiger partial charge in [0, 0.05) is 32.7 Å². The van der Waals surface area contributed by atoms with Crippen LogP contribution in [0.4, 0.5) is 0 Å². The van der Waals surface area contributed by atoms with Gasteiger partial charge in [-0.25, -0.2) is 8.42 Å². The van der Waals surface area contributed by atoms with Gasteiger partial charge in [-0.2, -0.15) is 13.3 Å². The summed E-state index contributed by atoms with van der Waals surface area (Å²) in [4.78, 5) is 0.403. The molecule has 0 unspecified atom stereocenters. The van der Waals surface area contributed by atoms with Crippen LogP contribution in [-0.4, -0.2) is 19.3 Å². The van der Waals surface area contributed by atoms with E-state index in [1.165, 1.54) is 4.31 Å². The molecule has 103 valence electrons. The van der Waals surface area contributed by atoms with Crippen LogP contribution in [0.2, 0.25) is 0 Å². The molecule has 3 nitrogen and oxygen atoms in total. The maximum atomic E-state index is 12.1. The Kier molecular flexibility index (Phi) is 13.1. The Morgan fingerprint density at radius 3 is 2.39 bits per heavy atom. The Morgan fingerprint density at radius 1 is 1.39 bits per heavy atom. The predicted octanol–water partition coefficient (Wildman–Crippen LogP) is 3.28. The second-order valence-electron chi connectivity index (χ2n) is 3.31. The maximum absolute atomic E-state index is 12.1. The van der Waals surface area contributed by atoms with Crippen molar-refractivity contribution in [3.63, 3.8) is 0 Å². The molecule has 0 spiro atoms. The molecule has 0 saturated heterocycles. The molecule has 0 aliphatic heterocycles. The standard InChI is InChI=1S/C11H17NO2S.C2H6.Y/c1-3-10-12(4-2)15(13,14)11-8-6-5-7-9-11;1-2;/h4,6,8-9H,1,3,5,7,10H2,2H3;1-2H3;/q-2;;. The first-order chi connectivity index (χ1) is 8.12. The normalized spacial score (nSPS) is 14.4. The molecule has 1 radical (unpaired) electrons. The number of allylic oxidation sites excluding steroid dienone is 3. The summed E-state index contributed by atoms with van der Waals surface area (Å²) in [6.45, 7) is 11.4. The molecular weight excluding hydrogens is 323 g/mol. The molecule has 0 saturated carbocycles. The van der Waals surface area contributed by atoms with Crippen molar-refractivity contribution in [1.29, 1.82) is 0 Å². The van der Waals surface area contributed by atoms with Crippen molar-refractivity contribution < 1.29 is 41.1 Å². The molecule has 0 aromatic carbocycles. The van der Waals surface area contributed by atoms with Crippen molar-refractivity contribution in [3.05, 3.63) is 36.6 Å². The molecule has 0 N–H and O–H groups in total. The summed E-state index contributed by atoms with van der Waals surface area (Å²) in [5, 5.41) is 0. The fourth-order valence-electron chi connectivity index (χ4n) is 1.46. The van der Waals surface area contributed by atoms with Gasteiger partial charge in [-0.15, -0.1) is 0 Å². The molecule has 18 heavy (non-hydrogen) atoms. The van der Waals surface area contributed by atoms with Crippen LogP contribution in [0.1, 0.15) is 40.0 Å². The van der Waals surface area contributed by atoms with E-state index in [2.05, 4.69) is 6.92 Å². The number of hydrogen-bond donors (Lipinski definition) is 0.